The van der Waals surface area contributed by atoms with Gasteiger partial charge in [0.2, 0.25) is 0 Å². The maximum atomic E-state index is 8.90. The molecule has 0 rings (SSSR count). The normalized spacial score (nSPS) is 5.50. The van der Waals surface area contributed by atoms with E-state index < -0.39 is 6.16 Å². The van der Waals surface area contributed by atoms with Crippen LogP contribution in [0.25, 0.3) is 0 Å². The topological polar surface area (TPSA) is 66.8 Å². The summed E-state index contributed by atoms with van der Waals surface area (Å²) >= 11 is 0. The Labute approximate surface area is 55.9 Å². The SMILES string of the molecule is O=C(O)OO.[Na]. The third kappa shape index (κ3) is 8.87. The number of carboxylic acid groups (broad SMARTS) is 1. The molecular weight excluding hydrogens is 99.0 g/mol. The summed E-state index contributed by atoms with van der Waals surface area (Å²) in [4.78, 5) is 11.6. The standard InChI is InChI=1S/CH2O4.Na/c2-1(3)5-4;/h4H,(H,2,3);. The molecule has 0 saturated heterocycles. The summed E-state index contributed by atoms with van der Waals surface area (Å²) in [6.45, 7) is 0. The van der Waals surface area contributed by atoms with E-state index in [-0.39, 0.29) is 29.6 Å². The van der Waals surface area contributed by atoms with E-state index in [4.69, 9.17) is 15.2 Å². The molecule has 0 heterocycles. The second-order valence-corrected chi connectivity index (χ2v) is 0.357. The maximum Gasteiger partial charge on any atom is 0.537 e. The minimum absolute atomic E-state index is 0. The zero-order chi connectivity index (χ0) is 4.28. The molecule has 0 fully saturated rings. The van der Waals surface area contributed by atoms with Crippen molar-refractivity contribution < 1.29 is 20.0 Å². The average molecular weight is 101 g/mol. The van der Waals surface area contributed by atoms with E-state index in [1.807, 2.05) is 0 Å². The van der Waals surface area contributed by atoms with Crippen molar-refractivity contribution in [1.82, 2.24) is 0 Å². The Hall–Kier alpha value is 0.230. The molecule has 2 N–H and O–H groups in total. The monoisotopic (exact) mass is 101 g/mol. The molecule has 4 nitrogen and oxygen atoms in total. The Balaban J connectivity index is 0. The van der Waals surface area contributed by atoms with Gasteiger partial charge >= 0.3 is 6.16 Å². The van der Waals surface area contributed by atoms with Gasteiger partial charge in [-0.05, 0) is 0 Å². The minimum atomic E-state index is -1.69. The fraction of sp³-hybridized carbons (Fsp3) is 0. The summed E-state index contributed by atoms with van der Waals surface area (Å²) < 4.78 is 0. The van der Waals surface area contributed by atoms with Gasteiger partial charge in [0.1, 0.15) is 0 Å². The van der Waals surface area contributed by atoms with Gasteiger partial charge in [-0.2, -0.15) is 5.26 Å². The molecule has 0 aromatic rings. The van der Waals surface area contributed by atoms with Crippen LogP contribution in [0.4, 0.5) is 4.79 Å². The van der Waals surface area contributed by atoms with Gasteiger partial charge in [0.15, 0.2) is 0 Å². The van der Waals surface area contributed by atoms with Crippen molar-refractivity contribution in [3.63, 3.8) is 0 Å². The summed E-state index contributed by atoms with van der Waals surface area (Å²) in [5.74, 6) is 0. The molecule has 1 radical (unpaired) electrons. The van der Waals surface area contributed by atoms with E-state index in [2.05, 4.69) is 4.89 Å². The van der Waals surface area contributed by atoms with Gasteiger partial charge in [-0.25, -0.2) is 4.79 Å². The predicted octanol–water partition coefficient (Wildman–Crippen LogP) is -0.227. The summed E-state index contributed by atoms with van der Waals surface area (Å²) in [7, 11) is 0. The van der Waals surface area contributed by atoms with E-state index in [0.29, 0.717) is 0 Å². The van der Waals surface area contributed by atoms with Gasteiger partial charge in [0.05, 0.1) is 0 Å². The molecule has 0 spiro atoms. The van der Waals surface area contributed by atoms with Gasteiger partial charge in [-0.3, -0.25) is 4.89 Å². The molecule has 0 amide bonds. The molecule has 6 heavy (non-hydrogen) atoms. The molecule has 0 aromatic carbocycles. The quantitative estimate of drug-likeness (QED) is 0.251. The number of rotatable bonds is 0. The molecule has 0 saturated carbocycles. The Morgan fingerprint density at radius 3 is 1.83 bits per heavy atom. The fourth-order valence-corrected chi connectivity index (χ4v) is 0. The van der Waals surface area contributed by atoms with Gasteiger partial charge < -0.3 is 5.11 Å². The number of hydrogen-bond donors (Lipinski definition) is 2. The summed E-state index contributed by atoms with van der Waals surface area (Å²) in [5.41, 5.74) is 0. The third-order valence-corrected chi connectivity index (χ3v) is 0.0781. The van der Waals surface area contributed by atoms with Crippen molar-refractivity contribution >= 4 is 35.7 Å². The number of carbonyl (C=O) groups is 1. The van der Waals surface area contributed by atoms with E-state index in [1.54, 1.807) is 0 Å². The van der Waals surface area contributed by atoms with Gasteiger partial charge in [0, 0.05) is 29.6 Å². The van der Waals surface area contributed by atoms with Crippen LogP contribution in [0.3, 0.4) is 0 Å². The smallest absolute Gasteiger partial charge is 0.448 e. The Morgan fingerprint density at radius 2 is 1.83 bits per heavy atom. The number of hydrogen-bond acceptors (Lipinski definition) is 3. The Bertz CT molecular complexity index is 42.8. The van der Waals surface area contributed by atoms with Gasteiger partial charge in [0.25, 0.3) is 0 Å². The van der Waals surface area contributed by atoms with Crippen LogP contribution in [0.2, 0.25) is 0 Å². The molecule has 0 aliphatic heterocycles. The Morgan fingerprint density at radius 1 is 1.67 bits per heavy atom. The van der Waals surface area contributed by atoms with Crippen molar-refractivity contribution in [2.24, 2.45) is 0 Å². The van der Waals surface area contributed by atoms with Crippen molar-refractivity contribution in [2.45, 2.75) is 0 Å². The van der Waals surface area contributed by atoms with Crippen molar-refractivity contribution in [3.05, 3.63) is 0 Å². The molecule has 0 aliphatic carbocycles. The first-order valence-electron chi connectivity index (χ1n) is 0.814. The molecule has 31 valence electrons. The van der Waals surface area contributed by atoms with E-state index in [1.165, 1.54) is 0 Å². The summed E-state index contributed by atoms with van der Waals surface area (Å²) in [5, 5.41) is 14.3. The fourth-order valence-electron chi connectivity index (χ4n) is 0. The van der Waals surface area contributed by atoms with E-state index in [0.717, 1.165) is 0 Å². The van der Waals surface area contributed by atoms with Gasteiger partial charge in [-0.15, -0.1) is 0 Å². The van der Waals surface area contributed by atoms with Crippen molar-refractivity contribution in [2.75, 3.05) is 0 Å². The molecule has 0 aliphatic rings. The summed E-state index contributed by atoms with van der Waals surface area (Å²) in [6.07, 6.45) is -1.69. The van der Waals surface area contributed by atoms with E-state index in [9.17, 15) is 0 Å². The van der Waals surface area contributed by atoms with Crippen LogP contribution in [-0.2, 0) is 4.89 Å². The van der Waals surface area contributed by atoms with Crippen LogP contribution in [0.5, 0.6) is 0 Å². The average Bonchev–Trinajstić information content (AvgIpc) is 1.38. The molecular formula is CH2NaO4. The largest absolute Gasteiger partial charge is 0.537 e. The maximum absolute atomic E-state index is 8.90. The molecule has 0 unspecified atom stereocenters. The minimum Gasteiger partial charge on any atom is -0.448 e. The van der Waals surface area contributed by atoms with Crippen LogP contribution in [0, 0.1) is 0 Å². The zero-order valence-electron chi connectivity index (χ0n) is 3.21. The van der Waals surface area contributed by atoms with Crippen molar-refractivity contribution in [1.29, 1.82) is 0 Å². The second-order valence-electron chi connectivity index (χ2n) is 0.357. The first kappa shape index (κ1) is 9.52. The van der Waals surface area contributed by atoms with Crippen LogP contribution in [-0.4, -0.2) is 46.1 Å². The molecule has 5 heteroatoms. The molecule has 0 atom stereocenters. The van der Waals surface area contributed by atoms with Crippen LogP contribution >= 0.6 is 0 Å². The third-order valence-electron chi connectivity index (χ3n) is 0.0781. The van der Waals surface area contributed by atoms with Crippen LogP contribution in [0.15, 0.2) is 0 Å². The molecule has 0 aromatic heterocycles. The zero-order valence-corrected chi connectivity index (χ0v) is 5.21. The first-order chi connectivity index (χ1) is 2.27. The second kappa shape index (κ2) is 5.23. The predicted molar refractivity (Wildman–Crippen MR) is 17.5 cm³/mol. The Kier molecular flexibility index (Phi) is 8.30. The summed E-state index contributed by atoms with van der Waals surface area (Å²) in [6, 6.07) is 0. The molecule has 0 bridgehead atoms. The first-order valence-corrected chi connectivity index (χ1v) is 0.814. The van der Waals surface area contributed by atoms with Gasteiger partial charge in [-0.1, -0.05) is 0 Å². The van der Waals surface area contributed by atoms with Crippen LogP contribution in [0.1, 0.15) is 0 Å². The van der Waals surface area contributed by atoms with Crippen molar-refractivity contribution in [3.8, 4) is 0 Å². The van der Waals surface area contributed by atoms with E-state index >= 15 is 0 Å². The van der Waals surface area contributed by atoms with Crippen LogP contribution < -0.4 is 0 Å².